The Balaban J connectivity index is 3.91. The number of unbranched alkanes of at least 4 members (excludes halogenated alkanes) is 62. The third-order valence-corrected chi connectivity index (χ3v) is 20.5. The van der Waals surface area contributed by atoms with Crippen LogP contribution in [0.25, 0.3) is 0 Å². The molecular formula is C84H165N2O6P. The molecule has 1 amide bonds. The summed E-state index contributed by atoms with van der Waals surface area (Å²) in [4.78, 5) is 25.7. The van der Waals surface area contributed by atoms with Gasteiger partial charge in [-0.3, -0.25) is 9.36 Å². The van der Waals surface area contributed by atoms with Crippen LogP contribution in [0.5, 0.6) is 0 Å². The fourth-order valence-electron chi connectivity index (χ4n) is 13.1. The first-order valence-electron chi connectivity index (χ1n) is 41.9. The number of hydrogen-bond donors (Lipinski definition) is 2. The molecule has 0 aliphatic carbocycles. The number of allylic oxidation sites excluding steroid dienone is 5. The van der Waals surface area contributed by atoms with Gasteiger partial charge < -0.3 is 28.8 Å². The quantitative estimate of drug-likeness (QED) is 0.0272. The van der Waals surface area contributed by atoms with Gasteiger partial charge in [0.05, 0.1) is 39.9 Å². The van der Waals surface area contributed by atoms with Crippen molar-refractivity contribution in [3.8, 4) is 0 Å². The molecule has 0 aliphatic heterocycles. The average Bonchev–Trinajstić information content (AvgIpc) is 2.75. The van der Waals surface area contributed by atoms with Crippen LogP contribution in [0.4, 0.5) is 0 Å². The van der Waals surface area contributed by atoms with Gasteiger partial charge in [-0.1, -0.05) is 416 Å². The van der Waals surface area contributed by atoms with Gasteiger partial charge >= 0.3 is 0 Å². The molecule has 0 aromatic rings. The zero-order chi connectivity index (χ0) is 67.6. The van der Waals surface area contributed by atoms with E-state index < -0.39 is 20.0 Å². The van der Waals surface area contributed by atoms with E-state index in [1.807, 2.05) is 27.2 Å². The zero-order valence-corrected chi connectivity index (χ0v) is 64.4. The van der Waals surface area contributed by atoms with E-state index in [-0.39, 0.29) is 19.1 Å². The number of amides is 1. The van der Waals surface area contributed by atoms with Crippen molar-refractivity contribution in [1.29, 1.82) is 0 Å². The Morgan fingerprint density at radius 1 is 0.366 bits per heavy atom. The summed E-state index contributed by atoms with van der Waals surface area (Å²) in [6.07, 6.45) is 102. The third-order valence-electron chi connectivity index (χ3n) is 19.6. The van der Waals surface area contributed by atoms with Crippen molar-refractivity contribution in [3.05, 3.63) is 36.5 Å². The molecule has 8 nitrogen and oxygen atoms in total. The van der Waals surface area contributed by atoms with Crippen molar-refractivity contribution in [2.75, 3.05) is 40.9 Å². The number of likely N-dealkylation sites (N-methyl/N-ethyl adjacent to an activating group) is 1. The molecule has 0 rings (SSSR count). The monoisotopic (exact) mass is 1330 g/mol. The molecule has 0 saturated carbocycles. The van der Waals surface area contributed by atoms with Crippen LogP contribution in [0.3, 0.4) is 0 Å². The lowest BCUT2D eigenvalue weighted by Gasteiger charge is -2.29. The molecule has 0 heterocycles. The molecular weight excluding hydrogens is 1160 g/mol. The van der Waals surface area contributed by atoms with Gasteiger partial charge in [0.2, 0.25) is 5.91 Å². The molecule has 9 heteroatoms. The first kappa shape index (κ1) is 91.7. The number of nitrogens with zero attached hydrogens (tertiary/aromatic N) is 1. The van der Waals surface area contributed by atoms with Crippen LogP contribution >= 0.6 is 7.82 Å². The molecule has 2 N–H and O–H groups in total. The summed E-state index contributed by atoms with van der Waals surface area (Å²) in [7, 11) is 1.27. The highest BCUT2D eigenvalue weighted by atomic mass is 31.2. The van der Waals surface area contributed by atoms with Gasteiger partial charge in [-0.25, -0.2) is 0 Å². The fourth-order valence-corrected chi connectivity index (χ4v) is 13.8. The van der Waals surface area contributed by atoms with Crippen LogP contribution in [0, 0.1) is 0 Å². The van der Waals surface area contributed by atoms with E-state index in [0.717, 1.165) is 38.5 Å². The summed E-state index contributed by atoms with van der Waals surface area (Å²) in [5.41, 5.74) is 0. The van der Waals surface area contributed by atoms with Gasteiger partial charge in [-0.05, 0) is 57.8 Å². The standard InChI is InChI=1S/C84H165N2O6P/c1-6-8-10-12-14-16-18-20-22-24-26-28-30-32-34-36-38-39-40-41-42-43-44-45-46-47-48-50-52-54-56-58-60-62-64-66-68-70-72-74-76-78-84(88)85-82(81-92-93(89,90)91-80-79-86(3,4)5)83(87)77-75-73-71-69-67-65-63-61-59-57-55-53-51-49-37-35-33-31-29-27-25-23-21-19-17-15-13-11-9-7-2/h24,26,67,69,75,77,82-83,87H,6-23,25,27-66,68,70-74,76,78-81H2,1-5H3,(H-,85,88,89,90)/b26-24-,69-67+,77-75+. The number of aliphatic hydroxyl groups excluding tert-OH is 1. The minimum atomic E-state index is -4.61. The molecule has 3 unspecified atom stereocenters. The van der Waals surface area contributed by atoms with E-state index >= 15 is 0 Å². The number of aliphatic hydroxyl groups is 1. The van der Waals surface area contributed by atoms with E-state index in [1.165, 1.54) is 385 Å². The van der Waals surface area contributed by atoms with Gasteiger partial charge in [0.1, 0.15) is 13.2 Å². The smallest absolute Gasteiger partial charge is 0.268 e. The number of carbonyl (C=O) groups is 1. The highest BCUT2D eigenvalue weighted by Gasteiger charge is 2.23. The Kier molecular flexibility index (Phi) is 73.9. The number of nitrogens with one attached hydrogen (secondary N) is 1. The number of phosphoric ester groups is 1. The van der Waals surface area contributed by atoms with Crippen molar-refractivity contribution in [3.63, 3.8) is 0 Å². The Labute approximate surface area is 582 Å². The number of rotatable bonds is 79. The van der Waals surface area contributed by atoms with Crippen molar-refractivity contribution >= 4 is 13.7 Å². The van der Waals surface area contributed by atoms with Crippen LogP contribution < -0.4 is 10.2 Å². The zero-order valence-electron chi connectivity index (χ0n) is 63.5. The molecule has 0 aromatic carbocycles. The highest BCUT2D eigenvalue weighted by Crippen LogP contribution is 2.38. The molecule has 552 valence electrons. The van der Waals surface area contributed by atoms with Gasteiger partial charge in [0.15, 0.2) is 0 Å². The van der Waals surface area contributed by atoms with Crippen LogP contribution in [0.2, 0.25) is 0 Å². The maximum atomic E-state index is 13.1. The summed E-state index contributed by atoms with van der Waals surface area (Å²) < 4.78 is 23.5. The summed E-state index contributed by atoms with van der Waals surface area (Å²) in [5.74, 6) is -0.197. The lowest BCUT2D eigenvalue weighted by Crippen LogP contribution is -2.45. The van der Waals surface area contributed by atoms with Crippen molar-refractivity contribution in [2.45, 2.75) is 456 Å². The lowest BCUT2D eigenvalue weighted by atomic mass is 10.0. The normalized spacial score (nSPS) is 13.6. The predicted molar refractivity (Wildman–Crippen MR) is 408 cm³/mol. The maximum absolute atomic E-state index is 13.1. The molecule has 0 fully saturated rings. The maximum Gasteiger partial charge on any atom is 0.268 e. The van der Waals surface area contributed by atoms with Crippen molar-refractivity contribution in [1.82, 2.24) is 5.32 Å². The fraction of sp³-hybridized carbons (Fsp3) is 0.917. The van der Waals surface area contributed by atoms with Crippen LogP contribution in [0.1, 0.15) is 444 Å². The van der Waals surface area contributed by atoms with Gasteiger partial charge in [0.25, 0.3) is 7.82 Å². The Morgan fingerprint density at radius 2 is 0.602 bits per heavy atom. The van der Waals surface area contributed by atoms with E-state index in [9.17, 15) is 19.4 Å². The largest absolute Gasteiger partial charge is 0.756 e. The third kappa shape index (κ3) is 77.9. The van der Waals surface area contributed by atoms with Crippen molar-refractivity contribution in [2.24, 2.45) is 0 Å². The molecule has 0 bridgehead atoms. The summed E-state index contributed by atoms with van der Waals surface area (Å²) in [5, 5.41) is 14.0. The van der Waals surface area contributed by atoms with E-state index in [1.54, 1.807) is 6.08 Å². The average molecular weight is 1330 g/mol. The summed E-state index contributed by atoms with van der Waals surface area (Å²) in [6.45, 7) is 4.70. The van der Waals surface area contributed by atoms with Gasteiger partial charge in [-0.15, -0.1) is 0 Å². The Morgan fingerprint density at radius 3 is 0.871 bits per heavy atom. The van der Waals surface area contributed by atoms with E-state index in [0.29, 0.717) is 17.4 Å². The molecule has 0 aromatic heterocycles. The second-order valence-corrected chi connectivity index (χ2v) is 31.6. The number of hydrogen-bond acceptors (Lipinski definition) is 6. The van der Waals surface area contributed by atoms with Crippen LogP contribution in [-0.4, -0.2) is 68.5 Å². The molecule has 93 heavy (non-hydrogen) atoms. The van der Waals surface area contributed by atoms with Crippen LogP contribution in [-0.2, 0) is 18.4 Å². The minimum absolute atomic E-state index is 0.00383. The predicted octanol–water partition coefficient (Wildman–Crippen LogP) is 26.9. The number of quaternary nitrogens is 1. The summed E-state index contributed by atoms with van der Waals surface area (Å²) >= 11 is 0. The van der Waals surface area contributed by atoms with E-state index in [2.05, 4.69) is 43.5 Å². The second-order valence-electron chi connectivity index (χ2n) is 30.2. The summed E-state index contributed by atoms with van der Waals surface area (Å²) in [6, 6.07) is -0.904. The Bertz CT molecular complexity index is 1610. The molecule has 0 radical (unpaired) electrons. The number of phosphoric acid groups is 1. The van der Waals surface area contributed by atoms with Gasteiger partial charge in [0, 0.05) is 6.42 Å². The lowest BCUT2D eigenvalue weighted by molar-refractivity contribution is -0.870. The van der Waals surface area contributed by atoms with E-state index in [4.69, 9.17) is 9.05 Å². The SMILES string of the molecule is CCCCCCCCCC/C=C\CCCCCCCCCCCCCCCCCCCCCCCCCCCCCCCC(=O)NC(COP(=O)([O-])OCC[N+](C)(C)C)C(O)/C=C/CC/C=C/CCCCCCCCCCCCCCCCCCCCCCCCCC. The minimum Gasteiger partial charge on any atom is -0.756 e. The second kappa shape index (κ2) is 74.9. The number of carbonyl (C=O) groups excluding carboxylic acids is 1. The molecule has 3 atom stereocenters. The highest BCUT2D eigenvalue weighted by molar-refractivity contribution is 7.45. The topological polar surface area (TPSA) is 108 Å². The van der Waals surface area contributed by atoms with Crippen molar-refractivity contribution < 1.29 is 32.9 Å². The first-order chi connectivity index (χ1) is 45.5. The Hall–Kier alpha value is -1.28. The molecule has 0 saturated heterocycles. The molecule has 0 aliphatic rings. The van der Waals surface area contributed by atoms with Gasteiger partial charge in [-0.2, -0.15) is 0 Å². The molecule has 0 spiro atoms. The van der Waals surface area contributed by atoms with Crippen LogP contribution in [0.15, 0.2) is 36.5 Å². The first-order valence-corrected chi connectivity index (χ1v) is 43.3.